The first-order valence-corrected chi connectivity index (χ1v) is 8.01. The number of hydrogen-bond donors (Lipinski definition) is 0. The molecule has 2 aromatic carbocycles. The number of rotatable bonds is 3. The molecule has 0 bridgehead atoms. The van der Waals surface area contributed by atoms with Crippen molar-refractivity contribution in [2.45, 2.75) is 25.2 Å². The van der Waals surface area contributed by atoms with Crippen molar-refractivity contribution >= 4 is 29.1 Å². The third-order valence-electron chi connectivity index (χ3n) is 4.81. The number of nitrogens with zero attached hydrogens (tertiary/aromatic N) is 1. The molecular weight excluding hydrogens is 310 g/mol. The molecule has 0 atom stereocenters. The predicted molar refractivity (Wildman–Crippen MR) is 96.2 cm³/mol. The molecule has 3 rings (SSSR count). The van der Waals surface area contributed by atoms with Crippen LogP contribution < -0.4 is 0 Å². The number of likely N-dealkylation sites (tertiary alicyclic amines) is 1. The largest absolute Gasteiger partial charge is 0.465 e. The fraction of sp³-hybridized carbons (Fsp3) is 0.421. The summed E-state index contributed by atoms with van der Waals surface area (Å²) in [4.78, 5) is 15.0. The number of esters is 1. The van der Waals surface area contributed by atoms with Gasteiger partial charge >= 0.3 is 5.97 Å². The molecule has 0 radical (unpaired) electrons. The van der Waals surface area contributed by atoms with Gasteiger partial charge in [0.05, 0.1) is 12.0 Å². The summed E-state index contributed by atoms with van der Waals surface area (Å²) < 4.78 is 5.43. The minimum absolute atomic E-state index is 0. The molecule has 0 aliphatic carbocycles. The lowest BCUT2D eigenvalue weighted by Gasteiger charge is -2.39. The Balaban J connectivity index is 0.00000192. The monoisotopic (exact) mass is 333 g/mol. The van der Waals surface area contributed by atoms with Crippen LogP contribution in [0.25, 0.3) is 10.8 Å². The van der Waals surface area contributed by atoms with Crippen LogP contribution in [-0.4, -0.2) is 37.6 Å². The highest BCUT2D eigenvalue weighted by Crippen LogP contribution is 2.37. The Kier molecular flexibility index (Phi) is 5.66. The topological polar surface area (TPSA) is 29.5 Å². The van der Waals surface area contributed by atoms with Gasteiger partial charge in [-0.25, -0.2) is 0 Å². The van der Waals surface area contributed by atoms with Gasteiger partial charge in [-0.2, -0.15) is 0 Å². The Morgan fingerprint density at radius 3 is 2.43 bits per heavy atom. The van der Waals surface area contributed by atoms with E-state index in [-0.39, 0.29) is 18.4 Å². The van der Waals surface area contributed by atoms with Gasteiger partial charge in [0.1, 0.15) is 0 Å². The molecule has 4 heteroatoms. The standard InChI is InChI=1S/C19H23NO2.ClH/c1-3-22-18(21)19(10-12-20(2)13-11-19)17-9-8-15-6-4-5-7-16(15)14-17;/h4-9,14H,3,10-13H2,1-2H3;1H. The number of ether oxygens (including phenoxy) is 1. The number of hydrogen-bond acceptors (Lipinski definition) is 3. The van der Waals surface area contributed by atoms with Crippen LogP contribution in [0.2, 0.25) is 0 Å². The van der Waals surface area contributed by atoms with E-state index in [0.29, 0.717) is 6.61 Å². The molecule has 0 spiro atoms. The molecule has 23 heavy (non-hydrogen) atoms. The van der Waals surface area contributed by atoms with Gasteiger partial charge in [0.25, 0.3) is 0 Å². The molecule has 1 aliphatic heterocycles. The molecule has 0 amide bonds. The minimum Gasteiger partial charge on any atom is -0.465 e. The van der Waals surface area contributed by atoms with Gasteiger partial charge in [-0.05, 0) is 56.2 Å². The molecule has 0 unspecified atom stereocenters. The van der Waals surface area contributed by atoms with E-state index in [2.05, 4.69) is 42.3 Å². The Morgan fingerprint density at radius 1 is 1.13 bits per heavy atom. The molecule has 1 saturated heterocycles. The Labute approximate surface area is 144 Å². The maximum absolute atomic E-state index is 12.7. The highest BCUT2D eigenvalue weighted by atomic mass is 35.5. The fourth-order valence-electron chi connectivity index (χ4n) is 3.37. The highest BCUT2D eigenvalue weighted by Gasteiger charge is 2.43. The van der Waals surface area contributed by atoms with Gasteiger partial charge in [-0.3, -0.25) is 4.79 Å². The summed E-state index contributed by atoms with van der Waals surface area (Å²) in [5.74, 6) is -0.0709. The second-order valence-corrected chi connectivity index (χ2v) is 6.17. The fourth-order valence-corrected chi connectivity index (χ4v) is 3.37. The van der Waals surface area contributed by atoms with Crippen LogP contribution in [0, 0.1) is 0 Å². The average molecular weight is 334 g/mol. The highest BCUT2D eigenvalue weighted by molar-refractivity contribution is 5.88. The first-order chi connectivity index (χ1) is 10.7. The molecule has 3 nitrogen and oxygen atoms in total. The second-order valence-electron chi connectivity index (χ2n) is 6.17. The first kappa shape index (κ1) is 17.8. The van der Waals surface area contributed by atoms with E-state index >= 15 is 0 Å². The maximum atomic E-state index is 12.7. The molecule has 124 valence electrons. The van der Waals surface area contributed by atoms with Gasteiger partial charge in [-0.15, -0.1) is 12.4 Å². The van der Waals surface area contributed by atoms with Crippen molar-refractivity contribution in [2.24, 2.45) is 0 Å². The molecule has 1 fully saturated rings. The Hall–Kier alpha value is -1.58. The lowest BCUT2D eigenvalue weighted by Crippen LogP contribution is -2.47. The van der Waals surface area contributed by atoms with Crippen molar-refractivity contribution in [1.82, 2.24) is 4.90 Å². The van der Waals surface area contributed by atoms with Crippen LogP contribution in [0.3, 0.4) is 0 Å². The number of halogens is 1. The molecule has 2 aromatic rings. The lowest BCUT2D eigenvalue weighted by atomic mass is 9.72. The maximum Gasteiger partial charge on any atom is 0.316 e. The summed E-state index contributed by atoms with van der Waals surface area (Å²) in [5, 5.41) is 2.39. The summed E-state index contributed by atoms with van der Waals surface area (Å²) in [5.41, 5.74) is 0.602. The van der Waals surface area contributed by atoms with Crippen LogP contribution in [-0.2, 0) is 14.9 Å². The van der Waals surface area contributed by atoms with E-state index in [4.69, 9.17) is 4.74 Å². The summed E-state index contributed by atoms with van der Waals surface area (Å²) in [6, 6.07) is 14.7. The lowest BCUT2D eigenvalue weighted by molar-refractivity contribution is -0.152. The second kappa shape index (κ2) is 7.33. The third-order valence-corrected chi connectivity index (χ3v) is 4.81. The van der Waals surface area contributed by atoms with Crippen molar-refractivity contribution in [2.75, 3.05) is 26.7 Å². The van der Waals surface area contributed by atoms with Crippen LogP contribution in [0.15, 0.2) is 42.5 Å². The zero-order valence-electron chi connectivity index (χ0n) is 13.7. The SMILES string of the molecule is CCOC(=O)C1(c2ccc3ccccc3c2)CCN(C)CC1.Cl. The molecule has 0 N–H and O–H groups in total. The van der Waals surface area contributed by atoms with Crippen molar-refractivity contribution in [3.05, 3.63) is 48.0 Å². The third kappa shape index (κ3) is 3.36. The Bertz CT molecular complexity index is 678. The van der Waals surface area contributed by atoms with Crippen molar-refractivity contribution < 1.29 is 9.53 Å². The molecule has 1 aliphatic rings. The van der Waals surface area contributed by atoms with E-state index in [0.717, 1.165) is 31.5 Å². The number of piperidine rings is 1. The van der Waals surface area contributed by atoms with Crippen LogP contribution in [0.5, 0.6) is 0 Å². The van der Waals surface area contributed by atoms with Gasteiger partial charge in [-0.1, -0.05) is 42.5 Å². The van der Waals surface area contributed by atoms with Crippen LogP contribution in [0.4, 0.5) is 0 Å². The average Bonchev–Trinajstić information content (AvgIpc) is 2.55. The van der Waals surface area contributed by atoms with Crippen molar-refractivity contribution in [3.63, 3.8) is 0 Å². The Morgan fingerprint density at radius 2 is 1.78 bits per heavy atom. The van der Waals surface area contributed by atoms with E-state index in [1.54, 1.807) is 0 Å². The zero-order valence-corrected chi connectivity index (χ0v) is 14.6. The van der Waals surface area contributed by atoms with E-state index in [1.165, 1.54) is 10.8 Å². The molecular formula is C19H24ClNO2. The van der Waals surface area contributed by atoms with Crippen molar-refractivity contribution in [3.8, 4) is 0 Å². The number of fused-ring (bicyclic) bond motifs is 1. The minimum atomic E-state index is -0.494. The number of benzene rings is 2. The van der Waals surface area contributed by atoms with E-state index < -0.39 is 5.41 Å². The summed E-state index contributed by atoms with van der Waals surface area (Å²) in [6.45, 7) is 4.15. The molecule has 0 saturated carbocycles. The molecule has 1 heterocycles. The van der Waals surface area contributed by atoms with E-state index in [1.807, 2.05) is 19.1 Å². The van der Waals surface area contributed by atoms with Gasteiger partial charge in [0.15, 0.2) is 0 Å². The number of carbonyl (C=O) groups is 1. The van der Waals surface area contributed by atoms with Gasteiger partial charge in [0, 0.05) is 0 Å². The zero-order chi connectivity index (χ0) is 15.6. The summed E-state index contributed by atoms with van der Waals surface area (Å²) >= 11 is 0. The van der Waals surface area contributed by atoms with Crippen molar-refractivity contribution in [1.29, 1.82) is 0 Å². The van der Waals surface area contributed by atoms with Crippen LogP contribution >= 0.6 is 12.4 Å². The summed E-state index contributed by atoms with van der Waals surface area (Å²) in [7, 11) is 2.11. The normalized spacial score (nSPS) is 17.5. The first-order valence-electron chi connectivity index (χ1n) is 8.01. The number of carbonyl (C=O) groups excluding carboxylic acids is 1. The smallest absolute Gasteiger partial charge is 0.316 e. The van der Waals surface area contributed by atoms with Crippen LogP contribution in [0.1, 0.15) is 25.3 Å². The molecule has 0 aromatic heterocycles. The predicted octanol–water partition coefficient (Wildman–Crippen LogP) is 3.79. The van der Waals surface area contributed by atoms with Gasteiger partial charge < -0.3 is 9.64 Å². The van der Waals surface area contributed by atoms with Gasteiger partial charge in [0.2, 0.25) is 0 Å². The summed E-state index contributed by atoms with van der Waals surface area (Å²) in [6.07, 6.45) is 1.64. The van der Waals surface area contributed by atoms with E-state index in [9.17, 15) is 4.79 Å². The quantitative estimate of drug-likeness (QED) is 0.800.